The van der Waals surface area contributed by atoms with E-state index in [1.54, 1.807) is 0 Å². The average Bonchev–Trinajstić information content (AvgIpc) is 2.42. The van der Waals surface area contributed by atoms with Gasteiger partial charge in [0.15, 0.2) is 17.6 Å². The molecule has 1 aliphatic rings. The van der Waals surface area contributed by atoms with Crippen molar-refractivity contribution in [1.29, 1.82) is 0 Å². The van der Waals surface area contributed by atoms with Crippen molar-refractivity contribution in [1.82, 2.24) is 0 Å². The van der Waals surface area contributed by atoms with Crippen LogP contribution in [0, 0.1) is 0 Å². The lowest BCUT2D eigenvalue weighted by Gasteiger charge is -2.26. The van der Waals surface area contributed by atoms with Crippen LogP contribution in [0.1, 0.15) is 19.3 Å². The number of rotatable bonds is 7. The number of carbonyl (C=O) groups is 1. The summed E-state index contributed by atoms with van der Waals surface area (Å²) in [5, 5.41) is 8.49. The summed E-state index contributed by atoms with van der Waals surface area (Å²) in [6, 6.07) is 7.55. The molecule has 0 spiro atoms. The first-order valence-electron chi connectivity index (χ1n) is 6.44. The van der Waals surface area contributed by atoms with E-state index in [2.05, 4.69) is 0 Å². The Morgan fingerprint density at radius 1 is 1.32 bits per heavy atom. The maximum absolute atomic E-state index is 10.3. The highest BCUT2D eigenvalue weighted by atomic mass is 16.6. The Balaban J connectivity index is 1.62. The van der Waals surface area contributed by atoms with Crippen molar-refractivity contribution in [2.24, 2.45) is 0 Å². The third kappa shape index (κ3) is 4.44. The summed E-state index contributed by atoms with van der Waals surface area (Å²) in [6.07, 6.45) is 1.48. The lowest BCUT2D eigenvalue weighted by atomic mass is 10.2. The molecule has 0 aliphatic carbocycles. The number of hydrogen-bond acceptors (Lipinski definition) is 4. The summed E-state index contributed by atoms with van der Waals surface area (Å²) >= 11 is 0. The van der Waals surface area contributed by atoms with Crippen molar-refractivity contribution >= 4 is 5.97 Å². The smallest absolute Gasteiger partial charge is 0.303 e. The summed E-state index contributed by atoms with van der Waals surface area (Å²) < 4.78 is 16.8. The van der Waals surface area contributed by atoms with E-state index in [9.17, 15) is 4.79 Å². The van der Waals surface area contributed by atoms with Gasteiger partial charge in [0.2, 0.25) is 0 Å². The lowest BCUT2D eigenvalue weighted by molar-refractivity contribution is -0.137. The van der Waals surface area contributed by atoms with Crippen LogP contribution >= 0.6 is 0 Å². The first-order valence-corrected chi connectivity index (χ1v) is 6.44. The van der Waals surface area contributed by atoms with E-state index >= 15 is 0 Å². The molecule has 1 atom stereocenters. The second kappa shape index (κ2) is 6.99. The molecule has 5 nitrogen and oxygen atoms in total. The van der Waals surface area contributed by atoms with Crippen molar-refractivity contribution in [3.8, 4) is 11.5 Å². The van der Waals surface area contributed by atoms with E-state index in [1.165, 1.54) is 0 Å². The van der Waals surface area contributed by atoms with Crippen LogP contribution in [0.2, 0.25) is 0 Å². The van der Waals surface area contributed by atoms with Crippen LogP contribution in [0.25, 0.3) is 0 Å². The SMILES string of the molecule is O=C(O)CCCCOCC1COc2ccccc2O1. The zero-order valence-electron chi connectivity index (χ0n) is 10.7. The van der Waals surface area contributed by atoms with Gasteiger partial charge < -0.3 is 19.3 Å². The zero-order chi connectivity index (χ0) is 13.5. The summed E-state index contributed by atoms with van der Waals surface area (Å²) in [7, 11) is 0. The van der Waals surface area contributed by atoms with Gasteiger partial charge >= 0.3 is 5.97 Å². The van der Waals surface area contributed by atoms with Crippen LogP contribution in [0.4, 0.5) is 0 Å². The average molecular weight is 266 g/mol. The fourth-order valence-electron chi connectivity index (χ4n) is 1.84. The molecule has 0 fully saturated rings. The van der Waals surface area contributed by atoms with Crippen LogP contribution in [0.3, 0.4) is 0 Å². The van der Waals surface area contributed by atoms with Crippen LogP contribution in [0.5, 0.6) is 11.5 Å². The second-order valence-electron chi connectivity index (χ2n) is 4.42. The number of benzene rings is 1. The maximum atomic E-state index is 10.3. The Morgan fingerprint density at radius 3 is 2.89 bits per heavy atom. The molecule has 5 heteroatoms. The van der Waals surface area contributed by atoms with Crippen LogP contribution in [-0.4, -0.2) is 37.0 Å². The minimum absolute atomic E-state index is 0.102. The molecule has 0 amide bonds. The molecule has 0 bridgehead atoms. The van der Waals surface area contributed by atoms with E-state index in [1.807, 2.05) is 24.3 Å². The molecule has 0 saturated carbocycles. The van der Waals surface area contributed by atoms with E-state index in [-0.39, 0.29) is 12.5 Å². The van der Waals surface area contributed by atoms with Crippen LogP contribution < -0.4 is 9.47 Å². The summed E-state index contributed by atoms with van der Waals surface area (Å²) in [6.45, 7) is 1.49. The molecule has 1 heterocycles. The quantitative estimate of drug-likeness (QED) is 0.766. The van der Waals surface area contributed by atoms with E-state index in [4.69, 9.17) is 19.3 Å². The molecule has 0 radical (unpaired) electrons. The van der Waals surface area contributed by atoms with Gasteiger partial charge in [-0.15, -0.1) is 0 Å². The topological polar surface area (TPSA) is 65.0 Å². The van der Waals surface area contributed by atoms with Crippen molar-refractivity contribution in [2.75, 3.05) is 19.8 Å². The molecule has 0 aromatic heterocycles. The van der Waals surface area contributed by atoms with Gasteiger partial charge in [-0.25, -0.2) is 0 Å². The van der Waals surface area contributed by atoms with Crippen molar-refractivity contribution in [3.63, 3.8) is 0 Å². The van der Waals surface area contributed by atoms with Gasteiger partial charge in [-0.05, 0) is 25.0 Å². The molecule has 1 unspecified atom stereocenters. The fourth-order valence-corrected chi connectivity index (χ4v) is 1.84. The fraction of sp³-hybridized carbons (Fsp3) is 0.500. The van der Waals surface area contributed by atoms with Crippen LogP contribution in [0.15, 0.2) is 24.3 Å². The largest absolute Gasteiger partial charge is 0.486 e. The highest BCUT2D eigenvalue weighted by Gasteiger charge is 2.20. The molecule has 1 N–H and O–H groups in total. The maximum Gasteiger partial charge on any atom is 0.303 e. The number of ether oxygens (including phenoxy) is 3. The number of carboxylic acids is 1. The monoisotopic (exact) mass is 266 g/mol. The molecule has 1 aliphatic heterocycles. The predicted octanol–water partition coefficient (Wildman–Crippen LogP) is 2.10. The lowest BCUT2D eigenvalue weighted by Crippen LogP contribution is -2.33. The van der Waals surface area contributed by atoms with Gasteiger partial charge in [0.25, 0.3) is 0 Å². The predicted molar refractivity (Wildman–Crippen MR) is 68.7 cm³/mol. The second-order valence-corrected chi connectivity index (χ2v) is 4.42. The number of carboxylic acid groups (broad SMARTS) is 1. The molecule has 1 aromatic carbocycles. The first-order chi connectivity index (χ1) is 9.25. The summed E-state index contributed by atoms with van der Waals surface area (Å²) in [5.41, 5.74) is 0. The van der Waals surface area contributed by atoms with Gasteiger partial charge in [0.05, 0.1) is 6.61 Å². The molecule has 19 heavy (non-hydrogen) atoms. The molecular weight excluding hydrogens is 248 g/mol. The standard InChI is InChI=1S/C14H18O5/c15-14(16)7-3-4-8-17-9-11-10-18-12-5-1-2-6-13(12)19-11/h1-2,5-6,11H,3-4,7-10H2,(H,15,16). The number of para-hydroxylation sites is 2. The Bertz CT molecular complexity index is 418. The summed E-state index contributed by atoms with van der Waals surface area (Å²) in [4.78, 5) is 10.3. The van der Waals surface area contributed by atoms with E-state index in [0.29, 0.717) is 26.2 Å². The number of aliphatic carboxylic acids is 1. The van der Waals surface area contributed by atoms with Crippen molar-refractivity contribution < 1.29 is 24.1 Å². The molecule has 0 saturated heterocycles. The molecule has 1 aromatic rings. The van der Waals surface area contributed by atoms with Gasteiger partial charge in [-0.2, -0.15) is 0 Å². The minimum atomic E-state index is -0.763. The van der Waals surface area contributed by atoms with Crippen LogP contribution in [-0.2, 0) is 9.53 Å². The zero-order valence-corrected chi connectivity index (χ0v) is 10.7. The van der Waals surface area contributed by atoms with Gasteiger partial charge in [0, 0.05) is 13.0 Å². The Morgan fingerprint density at radius 2 is 2.11 bits per heavy atom. The highest BCUT2D eigenvalue weighted by molar-refractivity contribution is 5.66. The Labute approximate surface area is 112 Å². The third-order valence-corrected chi connectivity index (χ3v) is 2.80. The molecule has 2 rings (SSSR count). The number of hydrogen-bond donors (Lipinski definition) is 1. The van der Waals surface area contributed by atoms with Crippen molar-refractivity contribution in [3.05, 3.63) is 24.3 Å². The number of fused-ring (bicyclic) bond motifs is 1. The first kappa shape index (κ1) is 13.7. The normalized spacial score (nSPS) is 17.2. The highest BCUT2D eigenvalue weighted by Crippen LogP contribution is 2.30. The van der Waals surface area contributed by atoms with Gasteiger partial charge in [-0.3, -0.25) is 4.79 Å². The Kier molecular flexibility index (Phi) is 5.03. The van der Waals surface area contributed by atoms with E-state index < -0.39 is 5.97 Å². The van der Waals surface area contributed by atoms with E-state index in [0.717, 1.165) is 17.9 Å². The summed E-state index contributed by atoms with van der Waals surface area (Å²) in [5.74, 6) is 0.744. The number of unbranched alkanes of at least 4 members (excludes halogenated alkanes) is 1. The van der Waals surface area contributed by atoms with Gasteiger partial charge in [-0.1, -0.05) is 12.1 Å². The third-order valence-electron chi connectivity index (χ3n) is 2.80. The Hall–Kier alpha value is -1.75. The minimum Gasteiger partial charge on any atom is -0.486 e. The van der Waals surface area contributed by atoms with Crippen molar-refractivity contribution in [2.45, 2.75) is 25.4 Å². The molecular formula is C14H18O5. The molecule has 104 valence electrons. The van der Waals surface area contributed by atoms with Gasteiger partial charge in [0.1, 0.15) is 6.61 Å².